The first-order valence-electron chi connectivity index (χ1n) is 6.56. The lowest BCUT2D eigenvalue weighted by Crippen LogP contribution is -2.02. The van der Waals surface area contributed by atoms with E-state index in [1.165, 1.54) is 15.4 Å². The average molecular weight is 292 g/mol. The van der Waals surface area contributed by atoms with E-state index in [0.29, 0.717) is 11.8 Å². The van der Waals surface area contributed by atoms with E-state index >= 15 is 0 Å². The van der Waals surface area contributed by atoms with Gasteiger partial charge in [0.25, 0.3) is 0 Å². The third-order valence-electron chi connectivity index (χ3n) is 2.70. The zero-order valence-corrected chi connectivity index (χ0v) is 13.1. The monoisotopic (exact) mass is 292 g/mol. The van der Waals surface area contributed by atoms with Gasteiger partial charge in [0.15, 0.2) is 0 Å². The van der Waals surface area contributed by atoms with Crippen molar-refractivity contribution < 1.29 is 0 Å². The molecule has 1 aromatic heterocycles. The number of rotatable bonds is 6. The van der Waals surface area contributed by atoms with Crippen molar-refractivity contribution in [2.75, 3.05) is 6.54 Å². The molecule has 0 amide bonds. The summed E-state index contributed by atoms with van der Waals surface area (Å²) in [5, 5.41) is 1.85. The summed E-state index contributed by atoms with van der Waals surface area (Å²) in [5.74, 6) is 0.993. The van der Waals surface area contributed by atoms with Crippen molar-refractivity contribution in [3.05, 3.63) is 40.2 Å². The molecule has 4 heteroatoms. The SMILES string of the molecule is CC(C)SCc1nc(-c2ccccc2)c(CCN)s1. The number of thioether (sulfide) groups is 1. The maximum atomic E-state index is 5.71. The van der Waals surface area contributed by atoms with Crippen molar-refractivity contribution in [1.82, 2.24) is 4.98 Å². The van der Waals surface area contributed by atoms with Gasteiger partial charge in [-0.1, -0.05) is 44.2 Å². The van der Waals surface area contributed by atoms with Gasteiger partial charge in [-0.3, -0.25) is 0 Å². The largest absolute Gasteiger partial charge is 0.330 e. The Kier molecular flexibility index (Phi) is 5.43. The van der Waals surface area contributed by atoms with Gasteiger partial charge in [-0.15, -0.1) is 11.3 Å². The van der Waals surface area contributed by atoms with E-state index in [0.717, 1.165) is 17.9 Å². The lowest BCUT2D eigenvalue weighted by molar-refractivity contribution is 0.985. The molecule has 0 fully saturated rings. The molecule has 0 unspecified atom stereocenters. The Morgan fingerprint density at radius 2 is 2.00 bits per heavy atom. The predicted molar refractivity (Wildman–Crippen MR) is 86.7 cm³/mol. The fraction of sp³-hybridized carbons (Fsp3) is 0.400. The summed E-state index contributed by atoms with van der Waals surface area (Å²) in [4.78, 5) is 6.13. The standard InChI is InChI=1S/C15H20N2S2/c1-11(2)18-10-14-17-15(13(19-14)8-9-16)12-6-4-3-5-7-12/h3-7,11H,8-10,16H2,1-2H3. The van der Waals surface area contributed by atoms with Gasteiger partial charge in [-0.05, 0) is 18.2 Å². The second-order valence-corrected chi connectivity index (χ2v) is 7.38. The van der Waals surface area contributed by atoms with Crippen LogP contribution in [0.3, 0.4) is 0 Å². The molecule has 0 saturated heterocycles. The van der Waals surface area contributed by atoms with Gasteiger partial charge in [0, 0.05) is 16.2 Å². The van der Waals surface area contributed by atoms with Gasteiger partial charge in [0.2, 0.25) is 0 Å². The Balaban J connectivity index is 2.25. The fourth-order valence-corrected chi connectivity index (χ4v) is 3.70. The highest BCUT2D eigenvalue weighted by Crippen LogP contribution is 2.31. The molecule has 0 bridgehead atoms. The van der Waals surface area contributed by atoms with Crippen molar-refractivity contribution in [2.24, 2.45) is 5.73 Å². The Labute approximate surface area is 123 Å². The number of thiazole rings is 1. The van der Waals surface area contributed by atoms with E-state index in [-0.39, 0.29) is 0 Å². The van der Waals surface area contributed by atoms with Crippen LogP contribution in [-0.2, 0) is 12.2 Å². The zero-order valence-electron chi connectivity index (χ0n) is 11.4. The van der Waals surface area contributed by atoms with Crippen molar-refractivity contribution in [1.29, 1.82) is 0 Å². The summed E-state index contributed by atoms with van der Waals surface area (Å²) in [6, 6.07) is 10.4. The smallest absolute Gasteiger partial charge is 0.103 e. The summed E-state index contributed by atoms with van der Waals surface area (Å²) in [7, 11) is 0. The normalized spacial score (nSPS) is 11.2. The predicted octanol–water partition coefficient (Wildman–Crippen LogP) is 3.95. The molecule has 0 saturated carbocycles. The van der Waals surface area contributed by atoms with Crippen LogP contribution < -0.4 is 5.73 Å². The molecule has 2 nitrogen and oxygen atoms in total. The molecule has 0 aliphatic rings. The summed E-state index contributed by atoms with van der Waals surface area (Å²) in [6.45, 7) is 5.12. The minimum Gasteiger partial charge on any atom is -0.330 e. The number of nitrogens with zero attached hydrogens (tertiary/aromatic N) is 1. The highest BCUT2D eigenvalue weighted by Gasteiger charge is 2.12. The van der Waals surface area contributed by atoms with Crippen molar-refractivity contribution in [3.63, 3.8) is 0 Å². The van der Waals surface area contributed by atoms with Crippen LogP contribution in [0.5, 0.6) is 0 Å². The van der Waals surface area contributed by atoms with E-state index < -0.39 is 0 Å². The minimum atomic E-state index is 0.641. The summed E-state index contributed by atoms with van der Waals surface area (Å²) in [5.41, 5.74) is 8.03. The van der Waals surface area contributed by atoms with E-state index in [1.807, 2.05) is 29.2 Å². The Morgan fingerprint density at radius 3 is 2.63 bits per heavy atom. The van der Waals surface area contributed by atoms with Gasteiger partial charge >= 0.3 is 0 Å². The molecule has 2 N–H and O–H groups in total. The van der Waals surface area contributed by atoms with Crippen LogP contribution in [0.2, 0.25) is 0 Å². The van der Waals surface area contributed by atoms with Crippen LogP contribution in [0.25, 0.3) is 11.3 Å². The topological polar surface area (TPSA) is 38.9 Å². The number of hydrogen-bond donors (Lipinski definition) is 1. The van der Waals surface area contributed by atoms with Gasteiger partial charge in [-0.2, -0.15) is 11.8 Å². The highest BCUT2D eigenvalue weighted by atomic mass is 32.2. The molecule has 0 atom stereocenters. The maximum Gasteiger partial charge on any atom is 0.103 e. The van der Waals surface area contributed by atoms with Crippen molar-refractivity contribution in [3.8, 4) is 11.3 Å². The molecule has 102 valence electrons. The third-order valence-corrected chi connectivity index (χ3v) is 5.11. The lowest BCUT2D eigenvalue weighted by Gasteiger charge is -2.01. The Hall–Kier alpha value is -0.840. The molecule has 0 aliphatic heterocycles. The molecule has 0 spiro atoms. The van der Waals surface area contributed by atoms with Gasteiger partial charge in [0.05, 0.1) is 5.69 Å². The molecule has 2 rings (SSSR count). The summed E-state index contributed by atoms with van der Waals surface area (Å²) in [6.07, 6.45) is 0.911. The second kappa shape index (κ2) is 7.08. The van der Waals surface area contributed by atoms with E-state index in [2.05, 4.69) is 38.1 Å². The van der Waals surface area contributed by atoms with Crippen LogP contribution >= 0.6 is 23.1 Å². The van der Waals surface area contributed by atoms with E-state index in [4.69, 9.17) is 10.7 Å². The lowest BCUT2D eigenvalue weighted by atomic mass is 10.1. The maximum absolute atomic E-state index is 5.71. The molecule has 0 aliphatic carbocycles. The number of hydrogen-bond acceptors (Lipinski definition) is 4. The highest BCUT2D eigenvalue weighted by molar-refractivity contribution is 7.99. The first kappa shape index (κ1) is 14.6. The first-order chi connectivity index (χ1) is 9.20. The van der Waals surface area contributed by atoms with Crippen molar-refractivity contribution in [2.45, 2.75) is 31.3 Å². The third kappa shape index (κ3) is 4.06. The molecule has 1 heterocycles. The van der Waals surface area contributed by atoms with Gasteiger partial charge in [0.1, 0.15) is 5.01 Å². The molecular weight excluding hydrogens is 272 g/mol. The number of nitrogens with two attached hydrogens (primary N) is 1. The molecule has 19 heavy (non-hydrogen) atoms. The zero-order chi connectivity index (χ0) is 13.7. The van der Waals surface area contributed by atoms with Crippen LogP contribution in [0.15, 0.2) is 30.3 Å². The van der Waals surface area contributed by atoms with Crippen LogP contribution in [0, 0.1) is 0 Å². The first-order valence-corrected chi connectivity index (χ1v) is 8.43. The quantitative estimate of drug-likeness (QED) is 0.876. The molecule has 2 aromatic rings. The van der Waals surface area contributed by atoms with Crippen molar-refractivity contribution >= 4 is 23.1 Å². The van der Waals surface area contributed by atoms with Gasteiger partial charge in [-0.25, -0.2) is 4.98 Å². The molecule has 0 radical (unpaired) electrons. The van der Waals surface area contributed by atoms with Gasteiger partial charge < -0.3 is 5.73 Å². The average Bonchev–Trinajstić information content (AvgIpc) is 2.81. The van der Waals surface area contributed by atoms with E-state index in [1.54, 1.807) is 0 Å². The van der Waals surface area contributed by atoms with Crippen LogP contribution in [-0.4, -0.2) is 16.8 Å². The Morgan fingerprint density at radius 1 is 1.26 bits per heavy atom. The summed E-state index contributed by atoms with van der Waals surface area (Å²) >= 11 is 3.75. The van der Waals surface area contributed by atoms with Crippen LogP contribution in [0.4, 0.5) is 0 Å². The Bertz CT molecular complexity index is 506. The molecular formula is C15H20N2S2. The molecule has 1 aromatic carbocycles. The minimum absolute atomic E-state index is 0.641. The summed E-state index contributed by atoms with van der Waals surface area (Å²) < 4.78 is 0. The van der Waals surface area contributed by atoms with E-state index in [9.17, 15) is 0 Å². The fourth-order valence-electron chi connectivity index (χ4n) is 1.82. The van der Waals surface area contributed by atoms with Crippen LogP contribution in [0.1, 0.15) is 23.7 Å². The number of aromatic nitrogens is 1. The second-order valence-electron chi connectivity index (χ2n) is 4.64. The number of benzene rings is 1.